The summed E-state index contributed by atoms with van der Waals surface area (Å²) in [6.45, 7) is 3.27. The minimum Gasteiger partial charge on any atom is -0.396 e. The van der Waals surface area contributed by atoms with Crippen LogP contribution in [-0.2, 0) is 6.42 Å². The predicted molar refractivity (Wildman–Crippen MR) is 73.1 cm³/mol. The van der Waals surface area contributed by atoms with Gasteiger partial charge in [-0.15, -0.1) is 0 Å². The highest BCUT2D eigenvalue weighted by Crippen LogP contribution is 2.17. The van der Waals surface area contributed by atoms with E-state index in [1.54, 1.807) is 12.1 Å². The number of nitrogens with zero attached hydrogens (tertiary/aromatic N) is 2. The molecule has 1 unspecified atom stereocenters. The first-order valence-corrected chi connectivity index (χ1v) is 6.75. The number of likely N-dealkylation sites (tertiary alicyclic amines) is 1. The van der Waals surface area contributed by atoms with Crippen molar-refractivity contribution < 1.29 is 10.0 Å². The predicted octanol–water partition coefficient (Wildman–Crippen LogP) is 1.84. The van der Waals surface area contributed by atoms with Gasteiger partial charge in [0.15, 0.2) is 0 Å². The molecule has 1 heterocycles. The summed E-state index contributed by atoms with van der Waals surface area (Å²) in [5.41, 5.74) is 1.26. The number of aliphatic hydroxyl groups is 1. The average Bonchev–Trinajstić information content (AvgIpc) is 2.46. The third-order valence-corrected chi connectivity index (χ3v) is 3.73. The van der Waals surface area contributed by atoms with Crippen molar-refractivity contribution in [3.63, 3.8) is 0 Å². The molecule has 1 aromatic rings. The molecule has 0 aromatic heterocycles. The van der Waals surface area contributed by atoms with Crippen LogP contribution in [0.1, 0.15) is 18.4 Å². The first kappa shape index (κ1) is 14.0. The van der Waals surface area contributed by atoms with E-state index in [2.05, 4.69) is 4.90 Å². The number of piperidine rings is 1. The third-order valence-electron chi connectivity index (χ3n) is 3.73. The van der Waals surface area contributed by atoms with Crippen molar-refractivity contribution in [2.24, 2.45) is 5.92 Å². The molecule has 0 spiro atoms. The van der Waals surface area contributed by atoms with Gasteiger partial charge in [0.2, 0.25) is 0 Å². The lowest BCUT2D eigenvalue weighted by atomic mass is 9.98. The van der Waals surface area contributed by atoms with Gasteiger partial charge in [0.1, 0.15) is 0 Å². The zero-order valence-corrected chi connectivity index (χ0v) is 11.0. The van der Waals surface area contributed by atoms with Gasteiger partial charge in [-0.3, -0.25) is 10.1 Å². The topological polar surface area (TPSA) is 66.6 Å². The molecule has 19 heavy (non-hydrogen) atoms. The van der Waals surface area contributed by atoms with Crippen molar-refractivity contribution in [1.29, 1.82) is 0 Å². The smallest absolute Gasteiger partial charge is 0.269 e. The molecule has 0 amide bonds. The zero-order valence-electron chi connectivity index (χ0n) is 11.0. The lowest BCUT2D eigenvalue weighted by Crippen LogP contribution is -2.37. The van der Waals surface area contributed by atoms with Crippen LogP contribution in [0.3, 0.4) is 0 Å². The van der Waals surface area contributed by atoms with Gasteiger partial charge in [-0.2, -0.15) is 0 Å². The SMILES string of the molecule is O=[N+]([O-])c1ccc(CCN2CCCC(CO)C2)cc1. The Labute approximate surface area is 113 Å². The Morgan fingerprint density at radius 3 is 2.74 bits per heavy atom. The Morgan fingerprint density at radius 2 is 2.11 bits per heavy atom. The maximum atomic E-state index is 10.6. The second-order valence-corrected chi connectivity index (χ2v) is 5.16. The minimum atomic E-state index is -0.375. The van der Waals surface area contributed by atoms with Crippen molar-refractivity contribution >= 4 is 5.69 Å². The molecule has 1 aromatic carbocycles. The fourth-order valence-corrected chi connectivity index (χ4v) is 2.57. The van der Waals surface area contributed by atoms with Gasteiger partial charge in [0.05, 0.1) is 4.92 Å². The van der Waals surface area contributed by atoms with E-state index in [0.29, 0.717) is 5.92 Å². The Kier molecular flexibility index (Phi) is 4.87. The summed E-state index contributed by atoms with van der Waals surface area (Å²) in [5.74, 6) is 0.408. The van der Waals surface area contributed by atoms with E-state index in [1.807, 2.05) is 12.1 Å². The standard InChI is InChI=1S/C14H20N2O3/c17-11-13-2-1-8-15(10-13)9-7-12-3-5-14(6-4-12)16(18)19/h3-6,13,17H,1-2,7-11H2. The van der Waals surface area contributed by atoms with Crippen LogP contribution in [0, 0.1) is 16.0 Å². The summed E-state index contributed by atoms with van der Waals surface area (Å²) in [7, 11) is 0. The van der Waals surface area contributed by atoms with Crippen molar-refractivity contribution in [2.75, 3.05) is 26.2 Å². The maximum Gasteiger partial charge on any atom is 0.269 e. The van der Waals surface area contributed by atoms with Crippen LogP contribution in [-0.4, -0.2) is 41.2 Å². The molecule has 5 heteroatoms. The van der Waals surface area contributed by atoms with Gasteiger partial charge in [0.25, 0.3) is 5.69 Å². The number of non-ortho nitro benzene ring substituents is 1. The van der Waals surface area contributed by atoms with E-state index < -0.39 is 0 Å². The second-order valence-electron chi connectivity index (χ2n) is 5.16. The summed E-state index contributed by atoms with van der Waals surface area (Å²) < 4.78 is 0. The zero-order chi connectivity index (χ0) is 13.7. The number of nitro groups is 1. The van der Waals surface area contributed by atoms with E-state index in [9.17, 15) is 15.2 Å². The molecule has 5 nitrogen and oxygen atoms in total. The number of rotatable bonds is 5. The molecule has 2 rings (SSSR count). The van der Waals surface area contributed by atoms with Crippen LogP contribution in [0.4, 0.5) is 5.69 Å². The van der Waals surface area contributed by atoms with Gasteiger partial charge in [-0.05, 0) is 37.3 Å². The molecule has 1 saturated heterocycles. The lowest BCUT2D eigenvalue weighted by molar-refractivity contribution is -0.384. The molecular weight excluding hydrogens is 244 g/mol. The van der Waals surface area contributed by atoms with Crippen LogP contribution in [0.2, 0.25) is 0 Å². The number of hydrogen-bond acceptors (Lipinski definition) is 4. The molecule has 0 saturated carbocycles. The Hall–Kier alpha value is -1.46. The van der Waals surface area contributed by atoms with E-state index in [0.717, 1.165) is 44.5 Å². The molecule has 1 aliphatic rings. The monoisotopic (exact) mass is 264 g/mol. The van der Waals surface area contributed by atoms with E-state index in [4.69, 9.17) is 0 Å². The van der Waals surface area contributed by atoms with Crippen LogP contribution < -0.4 is 0 Å². The van der Waals surface area contributed by atoms with Crippen molar-refractivity contribution in [3.05, 3.63) is 39.9 Å². The van der Waals surface area contributed by atoms with Gasteiger partial charge >= 0.3 is 0 Å². The van der Waals surface area contributed by atoms with Crippen molar-refractivity contribution in [2.45, 2.75) is 19.3 Å². The molecular formula is C14H20N2O3. The number of aliphatic hydroxyl groups excluding tert-OH is 1. The average molecular weight is 264 g/mol. The number of nitro benzene ring substituents is 1. The highest BCUT2D eigenvalue weighted by atomic mass is 16.6. The van der Waals surface area contributed by atoms with Crippen LogP contribution in [0.5, 0.6) is 0 Å². The van der Waals surface area contributed by atoms with Crippen molar-refractivity contribution in [3.8, 4) is 0 Å². The highest BCUT2D eigenvalue weighted by Gasteiger charge is 2.18. The van der Waals surface area contributed by atoms with Gasteiger partial charge < -0.3 is 10.0 Å². The minimum absolute atomic E-state index is 0.141. The van der Waals surface area contributed by atoms with Crippen LogP contribution >= 0.6 is 0 Å². The molecule has 104 valence electrons. The molecule has 1 aliphatic heterocycles. The molecule has 0 bridgehead atoms. The molecule has 1 fully saturated rings. The summed E-state index contributed by atoms with van der Waals surface area (Å²) in [6, 6.07) is 6.77. The normalized spacial score (nSPS) is 20.4. The molecule has 1 N–H and O–H groups in total. The van der Waals surface area contributed by atoms with Crippen LogP contribution in [0.15, 0.2) is 24.3 Å². The third kappa shape index (κ3) is 4.01. The molecule has 1 atom stereocenters. The largest absolute Gasteiger partial charge is 0.396 e. The fourth-order valence-electron chi connectivity index (χ4n) is 2.57. The Balaban J connectivity index is 1.83. The first-order valence-electron chi connectivity index (χ1n) is 6.75. The molecule has 0 radical (unpaired) electrons. The lowest BCUT2D eigenvalue weighted by Gasteiger charge is -2.31. The van der Waals surface area contributed by atoms with E-state index in [-0.39, 0.29) is 17.2 Å². The fraction of sp³-hybridized carbons (Fsp3) is 0.571. The van der Waals surface area contributed by atoms with E-state index in [1.165, 1.54) is 0 Å². The maximum absolute atomic E-state index is 10.6. The summed E-state index contributed by atoms with van der Waals surface area (Å²) in [4.78, 5) is 12.6. The number of hydrogen-bond donors (Lipinski definition) is 1. The Morgan fingerprint density at radius 1 is 1.37 bits per heavy atom. The molecule has 0 aliphatic carbocycles. The van der Waals surface area contributed by atoms with Gasteiger partial charge in [-0.25, -0.2) is 0 Å². The Bertz CT molecular complexity index is 419. The summed E-state index contributed by atoms with van der Waals surface area (Å²) >= 11 is 0. The summed E-state index contributed by atoms with van der Waals surface area (Å²) in [5, 5.41) is 19.7. The second kappa shape index (κ2) is 6.63. The van der Waals surface area contributed by atoms with Crippen LogP contribution in [0.25, 0.3) is 0 Å². The highest BCUT2D eigenvalue weighted by molar-refractivity contribution is 5.32. The first-order chi connectivity index (χ1) is 9.19. The van der Waals surface area contributed by atoms with Gasteiger partial charge in [0, 0.05) is 31.8 Å². The number of benzene rings is 1. The van der Waals surface area contributed by atoms with E-state index >= 15 is 0 Å². The quantitative estimate of drug-likeness (QED) is 0.651. The van der Waals surface area contributed by atoms with Crippen molar-refractivity contribution in [1.82, 2.24) is 4.90 Å². The van der Waals surface area contributed by atoms with Gasteiger partial charge in [-0.1, -0.05) is 12.1 Å². The summed E-state index contributed by atoms with van der Waals surface area (Å²) in [6.07, 6.45) is 3.16.